The molecule has 1 saturated heterocycles. The van der Waals surface area contributed by atoms with Crippen molar-refractivity contribution in [1.29, 1.82) is 0 Å². The molecule has 1 aliphatic rings. The summed E-state index contributed by atoms with van der Waals surface area (Å²) in [6.45, 7) is 0.965. The fourth-order valence-electron chi connectivity index (χ4n) is 1.87. The van der Waals surface area contributed by atoms with Crippen LogP contribution in [-0.4, -0.2) is 39.5 Å². The summed E-state index contributed by atoms with van der Waals surface area (Å²) in [6.07, 6.45) is 4.76. The summed E-state index contributed by atoms with van der Waals surface area (Å²) in [5, 5.41) is 9.06. The van der Waals surface area contributed by atoms with Crippen molar-refractivity contribution < 1.29 is 9.90 Å². The van der Waals surface area contributed by atoms with Crippen molar-refractivity contribution in [2.75, 3.05) is 17.6 Å². The number of hydrogen-bond acceptors (Lipinski definition) is 2. The number of halogens is 1. The van der Waals surface area contributed by atoms with E-state index < -0.39 is 0 Å². The van der Waals surface area contributed by atoms with Crippen molar-refractivity contribution in [1.82, 2.24) is 4.90 Å². The van der Waals surface area contributed by atoms with Crippen LogP contribution >= 0.6 is 22.6 Å². The lowest BCUT2D eigenvalue weighted by molar-refractivity contribution is -0.132. The Bertz CT molecular complexity index is 187. The Hall–Kier alpha value is 0.160. The number of hydrogen-bond donors (Lipinski definition) is 1. The second-order valence-electron chi connectivity index (χ2n) is 3.71. The highest BCUT2D eigenvalue weighted by Crippen LogP contribution is 2.18. The zero-order valence-corrected chi connectivity index (χ0v) is 10.6. The van der Waals surface area contributed by atoms with Crippen molar-refractivity contribution in [2.45, 2.75) is 38.1 Å². The summed E-state index contributed by atoms with van der Waals surface area (Å²) >= 11 is 2.33. The molecule has 0 aliphatic carbocycles. The van der Waals surface area contributed by atoms with Gasteiger partial charge in [0.25, 0.3) is 0 Å². The monoisotopic (exact) mass is 311 g/mol. The normalized spacial score (nSPS) is 21.6. The predicted molar refractivity (Wildman–Crippen MR) is 64.6 cm³/mol. The molecule has 3 nitrogen and oxygen atoms in total. The Morgan fingerprint density at radius 3 is 2.93 bits per heavy atom. The number of likely N-dealkylation sites (tertiary alicyclic amines) is 1. The molecule has 0 radical (unpaired) electrons. The van der Waals surface area contributed by atoms with Gasteiger partial charge in [-0.2, -0.15) is 0 Å². The second kappa shape index (κ2) is 6.61. The van der Waals surface area contributed by atoms with E-state index in [-0.39, 0.29) is 18.6 Å². The van der Waals surface area contributed by atoms with Crippen molar-refractivity contribution in [3.05, 3.63) is 0 Å². The fraction of sp³-hybridized carbons (Fsp3) is 0.900. The maximum atomic E-state index is 11.7. The first-order valence-corrected chi connectivity index (χ1v) is 6.78. The zero-order chi connectivity index (χ0) is 10.4. The van der Waals surface area contributed by atoms with Crippen molar-refractivity contribution in [3.63, 3.8) is 0 Å². The summed E-state index contributed by atoms with van der Waals surface area (Å²) < 4.78 is 1.12. The quantitative estimate of drug-likeness (QED) is 0.476. The van der Waals surface area contributed by atoms with E-state index in [4.69, 9.17) is 5.11 Å². The van der Waals surface area contributed by atoms with Crippen LogP contribution in [0.25, 0.3) is 0 Å². The van der Waals surface area contributed by atoms with E-state index in [9.17, 15) is 4.79 Å². The maximum Gasteiger partial charge on any atom is 0.222 e. The zero-order valence-electron chi connectivity index (χ0n) is 8.41. The predicted octanol–water partition coefficient (Wildman–Crippen LogP) is 1.58. The highest BCUT2D eigenvalue weighted by Gasteiger charge is 2.27. The Morgan fingerprint density at radius 2 is 2.29 bits per heavy atom. The van der Waals surface area contributed by atoms with Crippen LogP contribution in [0.1, 0.15) is 32.1 Å². The first-order valence-electron chi connectivity index (χ1n) is 5.26. The molecular weight excluding hydrogens is 293 g/mol. The Kier molecular flexibility index (Phi) is 5.77. The number of aliphatic hydroxyl groups excluding tert-OH is 1. The van der Waals surface area contributed by atoms with Gasteiger partial charge in [0.2, 0.25) is 5.91 Å². The molecule has 0 aromatic heterocycles. The molecule has 1 fully saturated rings. The minimum absolute atomic E-state index is 0.0992. The summed E-state index contributed by atoms with van der Waals surface area (Å²) in [4.78, 5) is 13.6. The largest absolute Gasteiger partial charge is 0.394 e. The van der Waals surface area contributed by atoms with Crippen LogP contribution < -0.4 is 0 Å². The lowest BCUT2D eigenvalue weighted by Gasteiger charge is -2.22. The average molecular weight is 311 g/mol. The van der Waals surface area contributed by atoms with Gasteiger partial charge in [-0.3, -0.25) is 4.79 Å². The topological polar surface area (TPSA) is 40.5 Å². The molecule has 0 aromatic carbocycles. The van der Waals surface area contributed by atoms with Gasteiger partial charge in [-0.1, -0.05) is 22.6 Å². The summed E-state index contributed by atoms with van der Waals surface area (Å²) in [5.41, 5.74) is 0. The molecule has 1 N–H and O–H groups in total. The number of unbranched alkanes of at least 4 members (excludes halogenated alkanes) is 1. The van der Waals surface area contributed by atoms with E-state index in [0.29, 0.717) is 6.42 Å². The third-order valence-electron chi connectivity index (χ3n) is 2.68. The average Bonchev–Trinajstić information content (AvgIpc) is 2.65. The smallest absolute Gasteiger partial charge is 0.222 e. The highest BCUT2D eigenvalue weighted by atomic mass is 127. The lowest BCUT2D eigenvalue weighted by Crippen LogP contribution is -2.37. The molecule has 82 valence electrons. The molecule has 4 heteroatoms. The van der Waals surface area contributed by atoms with Crippen LogP contribution in [0.15, 0.2) is 0 Å². The maximum absolute atomic E-state index is 11.7. The molecule has 0 saturated carbocycles. The number of carbonyl (C=O) groups is 1. The van der Waals surface area contributed by atoms with Gasteiger partial charge in [0.15, 0.2) is 0 Å². The number of rotatable bonds is 5. The van der Waals surface area contributed by atoms with Gasteiger partial charge in [-0.15, -0.1) is 0 Å². The van der Waals surface area contributed by atoms with E-state index in [1.54, 1.807) is 0 Å². The first kappa shape index (κ1) is 12.2. The van der Waals surface area contributed by atoms with Crippen LogP contribution in [0.4, 0.5) is 0 Å². The van der Waals surface area contributed by atoms with E-state index in [2.05, 4.69) is 22.6 Å². The molecule has 1 atom stereocenters. The van der Waals surface area contributed by atoms with Crippen LogP contribution in [0.3, 0.4) is 0 Å². The molecular formula is C10H18INO2. The molecule has 1 amide bonds. The summed E-state index contributed by atoms with van der Waals surface area (Å²) in [7, 11) is 0. The van der Waals surface area contributed by atoms with Crippen LogP contribution in [0.2, 0.25) is 0 Å². The van der Waals surface area contributed by atoms with Gasteiger partial charge in [0.05, 0.1) is 12.6 Å². The Labute approximate surface area is 99.0 Å². The molecule has 1 unspecified atom stereocenters. The molecule has 0 aromatic rings. The van der Waals surface area contributed by atoms with Crippen LogP contribution in [0, 0.1) is 0 Å². The summed E-state index contributed by atoms with van der Waals surface area (Å²) in [5.74, 6) is 0.228. The number of alkyl halides is 1. The van der Waals surface area contributed by atoms with Gasteiger partial charge in [0, 0.05) is 13.0 Å². The van der Waals surface area contributed by atoms with E-state index in [1.165, 1.54) is 0 Å². The SMILES string of the molecule is O=C(CCCCI)N1CCCC1CO. The van der Waals surface area contributed by atoms with Gasteiger partial charge in [0.1, 0.15) is 0 Å². The molecule has 1 rings (SSSR count). The lowest BCUT2D eigenvalue weighted by atomic mass is 10.2. The number of aliphatic hydroxyl groups is 1. The number of nitrogens with zero attached hydrogens (tertiary/aromatic N) is 1. The van der Waals surface area contributed by atoms with Crippen LogP contribution in [0.5, 0.6) is 0 Å². The van der Waals surface area contributed by atoms with Gasteiger partial charge >= 0.3 is 0 Å². The molecule has 1 heterocycles. The minimum atomic E-state index is 0.0992. The third-order valence-corrected chi connectivity index (χ3v) is 3.45. The minimum Gasteiger partial charge on any atom is -0.394 e. The van der Waals surface area contributed by atoms with Gasteiger partial charge in [-0.05, 0) is 30.1 Å². The number of amides is 1. The Balaban J connectivity index is 2.28. The van der Waals surface area contributed by atoms with Gasteiger partial charge < -0.3 is 10.0 Å². The van der Waals surface area contributed by atoms with E-state index in [1.807, 2.05) is 4.90 Å². The van der Waals surface area contributed by atoms with Crippen molar-refractivity contribution in [2.24, 2.45) is 0 Å². The van der Waals surface area contributed by atoms with Crippen molar-refractivity contribution in [3.8, 4) is 0 Å². The molecule has 0 bridgehead atoms. The fourth-order valence-corrected chi connectivity index (χ4v) is 2.41. The molecule has 14 heavy (non-hydrogen) atoms. The third kappa shape index (κ3) is 3.38. The molecule has 1 aliphatic heterocycles. The second-order valence-corrected chi connectivity index (χ2v) is 4.79. The Morgan fingerprint density at radius 1 is 1.50 bits per heavy atom. The van der Waals surface area contributed by atoms with Crippen molar-refractivity contribution >= 4 is 28.5 Å². The highest BCUT2D eigenvalue weighted by molar-refractivity contribution is 14.1. The van der Waals surface area contributed by atoms with Crippen LogP contribution in [-0.2, 0) is 4.79 Å². The van der Waals surface area contributed by atoms with E-state index in [0.717, 1.165) is 36.7 Å². The summed E-state index contributed by atoms with van der Waals surface area (Å²) in [6, 6.07) is 0.0992. The van der Waals surface area contributed by atoms with Gasteiger partial charge in [-0.25, -0.2) is 0 Å². The molecule has 0 spiro atoms. The first-order chi connectivity index (χ1) is 6.79. The van der Waals surface area contributed by atoms with E-state index >= 15 is 0 Å². The standard InChI is InChI=1S/C10H18INO2/c11-6-2-1-5-10(14)12-7-3-4-9(12)8-13/h9,13H,1-8H2. The number of carbonyl (C=O) groups excluding carboxylic acids is 1.